The van der Waals surface area contributed by atoms with E-state index in [1.54, 1.807) is 6.07 Å². The van der Waals surface area contributed by atoms with Gasteiger partial charge in [0.25, 0.3) is 0 Å². The minimum atomic E-state index is -0.686. The number of hydrogen-bond donors (Lipinski definition) is 0. The number of rotatable bonds is 2. The maximum Gasteiger partial charge on any atom is 0.564 e. The number of nitrogens with zero attached hydrogens (tertiary/aromatic N) is 2. The van der Waals surface area contributed by atoms with Gasteiger partial charge < -0.3 is 9.31 Å². The van der Waals surface area contributed by atoms with Crippen molar-refractivity contribution < 1.29 is 14.1 Å². The molecule has 1 aliphatic heterocycles. The second kappa shape index (κ2) is 5.72. The molecule has 1 saturated carbocycles. The highest BCUT2D eigenvalue weighted by atomic mass is 35.5. The molecule has 0 spiro atoms. The first-order valence-corrected chi connectivity index (χ1v) is 7.16. The van der Waals surface area contributed by atoms with E-state index in [4.69, 9.17) is 20.9 Å². The molecular weight excluding hydrogens is 278 g/mol. The van der Waals surface area contributed by atoms with Gasteiger partial charge in [0.15, 0.2) is 0 Å². The van der Waals surface area contributed by atoms with Crippen LogP contribution in [0.3, 0.4) is 0 Å². The van der Waals surface area contributed by atoms with Gasteiger partial charge >= 0.3 is 13.1 Å². The van der Waals surface area contributed by atoms with Crippen LogP contribution in [0.1, 0.15) is 24.5 Å². The highest BCUT2D eigenvalue weighted by Crippen LogP contribution is 2.38. The van der Waals surface area contributed by atoms with E-state index in [2.05, 4.69) is 4.98 Å². The van der Waals surface area contributed by atoms with Crippen molar-refractivity contribution in [2.75, 3.05) is 26.7 Å². The van der Waals surface area contributed by atoms with Gasteiger partial charge in [-0.15, -0.1) is 0 Å². The molecule has 0 amide bonds. The molecule has 20 heavy (non-hydrogen) atoms. The third-order valence-corrected chi connectivity index (χ3v) is 3.68. The third-order valence-electron chi connectivity index (χ3n) is 3.48. The van der Waals surface area contributed by atoms with Gasteiger partial charge in [-0.25, -0.2) is 4.98 Å². The summed E-state index contributed by atoms with van der Waals surface area (Å²) in [7, 11) is 1.17. The molecule has 7 heteroatoms. The summed E-state index contributed by atoms with van der Waals surface area (Å²) >= 11 is 6.06. The zero-order chi connectivity index (χ0) is 14.1. The Morgan fingerprint density at radius 1 is 1.45 bits per heavy atom. The fourth-order valence-electron chi connectivity index (χ4n) is 2.23. The van der Waals surface area contributed by atoms with E-state index >= 15 is 0 Å². The first kappa shape index (κ1) is 13.9. The van der Waals surface area contributed by atoms with Gasteiger partial charge in [-0.1, -0.05) is 11.6 Å². The van der Waals surface area contributed by atoms with Crippen molar-refractivity contribution in [2.45, 2.75) is 18.8 Å². The van der Waals surface area contributed by atoms with Crippen LogP contribution in [0, 0.1) is 0 Å². The average Bonchev–Trinajstić information content (AvgIpc) is 3.18. The lowest BCUT2D eigenvalue weighted by atomic mass is 9.78. The second-order valence-electron chi connectivity index (χ2n) is 5.35. The van der Waals surface area contributed by atoms with Crippen LogP contribution in [0.5, 0.6) is 0 Å². The predicted octanol–water partition coefficient (Wildman–Crippen LogP) is 0.813. The molecule has 2 aliphatic rings. The van der Waals surface area contributed by atoms with Crippen molar-refractivity contribution in [1.82, 2.24) is 9.88 Å². The topological polar surface area (TPSA) is 51.7 Å². The van der Waals surface area contributed by atoms with Gasteiger partial charge in [0, 0.05) is 30.2 Å². The van der Waals surface area contributed by atoms with E-state index in [1.807, 2.05) is 18.0 Å². The van der Waals surface area contributed by atoms with Crippen LogP contribution in [0.4, 0.5) is 0 Å². The average molecular weight is 295 g/mol. The number of carbonyl (C=O) groups excluding carboxylic acids is 1. The standard InChI is InChI=1S/C13H16BClN2O3/c1-17-4-5-19-14(20-13(18)8-17)10-6-11(9-2-3-9)16-12(15)7-10/h6-7,9H,2-5,8H2,1H3. The van der Waals surface area contributed by atoms with Gasteiger partial charge in [-0.3, -0.25) is 9.69 Å². The van der Waals surface area contributed by atoms with E-state index in [9.17, 15) is 4.79 Å². The number of likely N-dealkylation sites (N-methyl/N-ethyl adjacent to an activating group) is 1. The molecule has 0 unspecified atom stereocenters. The molecule has 2 fully saturated rings. The minimum absolute atomic E-state index is 0.272. The number of pyridine rings is 1. The maximum absolute atomic E-state index is 11.8. The molecular formula is C13H16BClN2O3. The fourth-order valence-corrected chi connectivity index (χ4v) is 2.46. The molecule has 0 atom stereocenters. The van der Waals surface area contributed by atoms with Gasteiger partial charge in [0.05, 0.1) is 6.54 Å². The Morgan fingerprint density at radius 2 is 2.25 bits per heavy atom. The first-order valence-electron chi connectivity index (χ1n) is 6.79. The Morgan fingerprint density at radius 3 is 3.00 bits per heavy atom. The first-order chi connectivity index (χ1) is 9.61. The fraction of sp³-hybridized carbons (Fsp3) is 0.538. The van der Waals surface area contributed by atoms with Crippen LogP contribution >= 0.6 is 11.6 Å². The van der Waals surface area contributed by atoms with E-state index in [0.717, 1.165) is 24.0 Å². The van der Waals surface area contributed by atoms with Gasteiger partial charge in [-0.05, 0) is 32.0 Å². The van der Waals surface area contributed by atoms with E-state index in [1.165, 1.54) is 0 Å². The molecule has 1 aliphatic carbocycles. The smallest absolute Gasteiger partial charge is 0.505 e. The quantitative estimate of drug-likeness (QED) is 0.597. The lowest BCUT2D eigenvalue weighted by Crippen LogP contribution is -2.46. The molecule has 106 valence electrons. The van der Waals surface area contributed by atoms with E-state index < -0.39 is 7.12 Å². The van der Waals surface area contributed by atoms with E-state index in [-0.39, 0.29) is 12.5 Å². The largest absolute Gasteiger partial charge is 0.564 e. The van der Waals surface area contributed by atoms with Gasteiger partial charge in [0.2, 0.25) is 0 Å². The summed E-state index contributed by atoms with van der Waals surface area (Å²) in [5.74, 6) is 0.195. The SMILES string of the molecule is CN1CCOB(c2cc(Cl)nc(C3CC3)c2)OC(=O)C1. The highest BCUT2D eigenvalue weighted by Gasteiger charge is 2.32. The van der Waals surface area contributed by atoms with Crippen LogP contribution < -0.4 is 5.46 Å². The summed E-state index contributed by atoms with van der Waals surface area (Å²) in [5, 5.41) is 0.420. The molecule has 5 nitrogen and oxygen atoms in total. The van der Waals surface area contributed by atoms with Crippen molar-refractivity contribution in [3.05, 3.63) is 23.0 Å². The summed E-state index contributed by atoms with van der Waals surface area (Å²) in [4.78, 5) is 17.9. The summed E-state index contributed by atoms with van der Waals surface area (Å²) in [6, 6.07) is 3.64. The van der Waals surface area contributed by atoms with Crippen molar-refractivity contribution in [3.8, 4) is 0 Å². The Labute approximate surface area is 123 Å². The number of aromatic nitrogens is 1. The highest BCUT2D eigenvalue weighted by molar-refractivity contribution is 6.63. The zero-order valence-corrected chi connectivity index (χ0v) is 12.1. The zero-order valence-electron chi connectivity index (χ0n) is 11.3. The van der Waals surface area contributed by atoms with Crippen LogP contribution in [-0.2, 0) is 14.1 Å². The minimum Gasteiger partial charge on any atom is -0.505 e. The summed E-state index contributed by atoms with van der Waals surface area (Å²) in [6.07, 6.45) is 2.28. The Kier molecular flexibility index (Phi) is 3.96. The van der Waals surface area contributed by atoms with Crippen LogP contribution in [0.25, 0.3) is 0 Å². The van der Waals surface area contributed by atoms with Crippen LogP contribution in [0.15, 0.2) is 12.1 Å². The van der Waals surface area contributed by atoms with Crippen molar-refractivity contribution in [1.29, 1.82) is 0 Å². The van der Waals surface area contributed by atoms with Gasteiger partial charge in [-0.2, -0.15) is 0 Å². The molecule has 0 N–H and O–H groups in total. The second-order valence-corrected chi connectivity index (χ2v) is 5.74. The number of hydrogen-bond acceptors (Lipinski definition) is 5. The molecule has 3 rings (SSSR count). The molecule has 2 heterocycles. The summed E-state index contributed by atoms with van der Waals surface area (Å²) in [6.45, 7) is 1.47. The molecule has 0 aromatic carbocycles. The number of halogens is 1. The van der Waals surface area contributed by atoms with Crippen LogP contribution in [0.2, 0.25) is 5.15 Å². The molecule has 1 aromatic heterocycles. The Hall–Kier alpha value is -1.11. The predicted molar refractivity (Wildman–Crippen MR) is 76.2 cm³/mol. The maximum atomic E-state index is 11.8. The Bertz CT molecular complexity index is 524. The number of carbonyl (C=O) groups is 1. The van der Waals surface area contributed by atoms with Crippen LogP contribution in [-0.4, -0.2) is 49.7 Å². The van der Waals surface area contributed by atoms with E-state index in [0.29, 0.717) is 24.2 Å². The van der Waals surface area contributed by atoms with Crippen molar-refractivity contribution >= 4 is 30.2 Å². The Balaban J connectivity index is 1.81. The lowest BCUT2D eigenvalue weighted by Gasteiger charge is -2.23. The monoisotopic (exact) mass is 294 g/mol. The summed E-state index contributed by atoms with van der Waals surface area (Å²) < 4.78 is 11.0. The molecule has 1 saturated heterocycles. The summed E-state index contributed by atoms with van der Waals surface area (Å²) in [5.41, 5.74) is 1.73. The molecule has 0 bridgehead atoms. The molecule has 0 radical (unpaired) electrons. The normalized spacial score (nSPS) is 21.3. The lowest BCUT2D eigenvalue weighted by molar-refractivity contribution is -0.137. The van der Waals surface area contributed by atoms with Crippen molar-refractivity contribution in [3.63, 3.8) is 0 Å². The van der Waals surface area contributed by atoms with Gasteiger partial charge in [0.1, 0.15) is 5.15 Å². The third kappa shape index (κ3) is 3.31. The van der Waals surface area contributed by atoms with Crippen molar-refractivity contribution in [2.24, 2.45) is 0 Å². The molecule has 1 aromatic rings.